The number of non-ortho nitro benzene ring substituents is 1. The molecule has 0 aliphatic carbocycles. The fourth-order valence-corrected chi connectivity index (χ4v) is 1.39. The second-order valence-electron chi connectivity index (χ2n) is 3.78. The highest BCUT2D eigenvalue weighted by atomic mass is 16.6. The van der Waals surface area contributed by atoms with Crippen LogP contribution in [0.4, 0.5) is 5.69 Å². The lowest BCUT2D eigenvalue weighted by atomic mass is 10.2. The van der Waals surface area contributed by atoms with Crippen molar-refractivity contribution in [2.24, 2.45) is 0 Å². The summed E-state index contributed by atoms with van der Waals surface area (Å²) in [5.41, 5.74) is 0.811. The van der Waals surface area contributed by atoms with Crippen LogP contribution >= 0.6 is 0 Å². The number of nitrogens with zero attached hydrogens (tertiary/aromatic N) is 1. The van der Waals surface area contributed by atoms with Crippen molar-refractivity contribution in [3.05, 3.63) is 57.9 Å². The Balaban J connectivity index is 2.84. The molecule has 0 heterocycles. The maximum atomic E-state index is 11.3. The predicted octanol–water partition coefficient (Wildman–Crippen LogP) is 2.27. The monoisotopic (exact) mass is 276 g/mol. The van der Waals surface area contributed by atoms with Crippen molar-refractivity contribution in [1.82, 2.24) is 5.32 Å². The van der Waals surface area contributed by atoms with Gasteiger partial charge in [-0.25, -0.2) is 0 Å². The molecule has 0 fully saturated rings. The lowest BCUT2D eigenvalue weighted by Crippen LogP contribution is -2.15. The van der Waals surface area contributed by atoms with Gasteiger partial charge in [-0.2, -0.15) is 0 Å². The maximum absolute atomic E-state index is 11.3. The van der Waals surface area contributed by atoms with E-state index in [2.05, 4.69) is 5.32 Å². The van der Waals surface area contributed by atoms with E-state index >= 15 is 0 Å². The highest BCUT2D eigenvalue weighted by Crippen LogP contribution is 2.13. The highest BCUT2D eigenvalue weighted by Gasteiger charge is 2.02. The molecule has 0 atom stereocenters. The largest absolute Gasteiger partial charge is 0.494 e. The Morgan fingerprint density at radius 3 is 2.55 bits per heavy atom. The van der Waals surface area contributed by atoms with E-state index in [0.29, 0.717) is 12.4 Å². The zero-order valence-electron chi connectivity index (χ0n) is 11.3. The first-order valence-electron chi connectivity index (χ1n) is 6.05. The normalized spacial score (nSPS) is 11.4. The first-order valence-corrected chi connectivity index (χ1v) is 6.05. The summed E-state index contributed by atoms with van der Waals surface area (Å²) in [6.45, 7) is 2.25. The molecule has 0 bridgehead atoms. The molecule has 1 aromatic carbocycles. The second kappa shape index (κ2) is 7.73. The van der Waals surface area contributed by atoms with Gasteiger partial charge in [0.25, 0.3) is 5.69 Å². The average Bonchev–Trinajstić information content (AvgIpc) is 2.45. The number of ether oxygens (including phenoxy) is 1. The molecular weight excluding hydrogens is 260 g/mol. The third-order valence-corrected chi connectivity index (χ3v) is 2.37. The maximum Gasteiger partial charge on any atom is 0.269 e. The molecule has 0 unspecified atom stereocenters. The van der Waals surface area contributed by atoms with Crippen LogP contribution in [0.15, 0.2) is 42.2 Å². The third kappa shape index (κ3) is 4.93. The number of nitro groups is 1. The van der Waals surface area contributed by atoms with E-state index in [1.54, 1.807) is 24.3 Å². The smallest absolute Gasteiger partial charge is 0.269 e. The molecule has 1 aromatic rings. The molecule has 1 rings (SSSR count). The van der Waals surface area contributed by atoms with Crippen molar-refractivity contribution in [2.75, 3.05) is 13.7 Å². The van der Waals surface area contributed by atoms with Crippen LogP contribution in [0.25, 0.3) is 6.08 Å². The van der Waals surface area contributed by atoms with Gasteiger partial charge < -0.3 is 10.1 Å². The standard InChI is InChI=1S/C14H16N2O4/c1-3-20-13(10-14(17)15-2)9-6-11-4-7-12(8-5-11)16(18)19/h4-10H,3H2,1-2H3,(H,15,17)/b9-6-,13-10-. The molecular formula is C14H16N2O4. The minimum Gasteiger partial charge on any atom is -0.494 e. The fourth-order valence-electron chi connectivity index (χ4n) is 1.39. The van der Waals surface area contributed by atoms with Gasteiger partial charge in [0, 0.05) is 25.3 Å². The minimum absolute atomic E-state index is 0.0353. The van der Waals surface area contributed by atoms with Gasteiger partial charge >= 0.3 is 0 Å². The van der Waals surface area contributed by atoms with Crippen molar-refractivity contribution in [3.63, 3.8) is 0 Å². The molecule has 1 amide bonds. The Bertz CT molecular complexity index is 533. The van der Waals surface area contributed by atoms with Crippen LogP contribution in [-0.4, -0.2) is 24.5 Å². The van der Waals surface area contributed by atoms with E-state index in [1.807, 2.05) is 6.92 Å². The van der Waals surface area contributed by atoms with Crippen LogP contribution < -0.4 is 5.32 Å². The first kappa shape index (κ1) is 15.4. The fraction of sp³-hybridized carbons (Fsp3) is 0.214. The average molecular weight is 276 g/mol. The number of nitrogens with one attached hydrogen (secondary N) is 1. The van der Waals surface area contributed by atoms with Gasteiger partial charge in [-0.3, -0.25) is 14.9 Å². The molecule has 0 aliphatic rings. The zero-order valence-corrected chi connectivity index (χ0v) is 11.3. The molecule has 0 spiro atoms. The number of hydrogen-bond donors (Lipinski definition) is 1. The Labute approximate surface area is 116 Å². The molecule has 20 heavy (non-hydrogen) atoms. The van der Waals surface area contributed by atoms with Crippen molar-refractivity contribution >= 4 is 17.7 Å². The number of hydrogen-bond acceptors (Lipinski definition) is 4. The van der Waals surface area contributed by atoms with E-state index in [-0.39, 0.29) is 11.6 Å². The summed E-state index contributed by atoms with van der Waals surface area (Å²) in [6.07, 6.45) is 4.69. The highest BCUT2D eigenvalue weighted by molar-refractivity contribution is 5.88. The molecule has 6 nitrogen and oxygen atoms in total. The van der Waals surface area contributed by atoms with Crippen LogP contribution in [0, 0.1) is 10.1 Å². The van der Waals surface area contributed by atoms with Crippen molar-refractivity contribution < 1.29 is 14.5 Å². The van der Waals surface area contributed by atoms with E-state index in [0.717, 1.165) is 5.56 Å². The lowest BCUT2D eigenvalue weighted by molar-refractivity contribution is -0.384. The van der Waals surface area contributed by atoms with E-state index in [9.17, 15) is 14.9 Å². The second-order valence-corrected chi connectivity index (χ2v) is 3.78. The van der Waals surface area contributed by atoms with Gasteiger partial charge in [-0.05, 0) is 30.7 Å². The molecule has 106 valence electrons. The summed E-state index contributed by atoms with van der Waals surface area (Å²) >= 11 is 0. The number of amides is 1. The van der Waals surface area contributed by atoms with Gasteiger partial charge in [0.1, 0.15) is 5.76 Å². The Kier molecular flexibility index (Phi) is 5.96. The van der Waals surface area contributed by atoms with E-state index < -0.39 is 4.92 Å². The number of rotatable bonds is 6. The van der Waals surface area contributed by atoms with Crippen LogP contribution in [0.1, 0.15) is 12.5 Å². The number of nitro benzene ring substituents is 1. The molecule has 1 N–H and O–H groups in total. The van der Waals surface area contributed by atoms with E-state index in [1.165, 1.54) is 25.3 Å². The van der Waals surface area contributed by atoms with Crippen molar-refractivity contribution in [2.45, 2.75) is 6.92 Å². The summed E-state index contributed by atoms with van der Waals surface area (Å²) in [5.74, 6) is 0.159. The number of carbonyl (C=O) groups is 1. The van der Waals surface area contributed by atoms with E-state index in [4.69, 9.17) is 4.74 Å². The Morgan fingerprint density at radius 2 is 2.05 bits per heavy atom. The first-order chi connectivity index (χ1) is 9.56. The number of likely N-dealkylation sites (N-methyl/N-ethyl adjacent to an activating group) is 1. The lowest BCUT2D eigenvalue weighted by Gasteiger charge is -2.03. The van der Waals surface area contributed by atoms with Crippen LogP contribution in [0.5, 0.6) is 0 Å². The number of carbonyl (C=O) groups excluding carboxylic acids is 1. The van der Waals surface area contributed by atoms with Gasteiger partial charge in [0.15, 0.2) is 0 Å². The summed E-state index contributed by atoms with van der Waals surface area (Å²) in [5, 5.41) is 13.0. The van der Waals surface area contributed by atoms with Crippen LogP contribution in [0.3, 0.4) is 0 Å². The molecule has 0 aliphatic heterocycles. The summed E-state index contributed by atoms with van der Waals surface area (Å²) < 4.78 is 5.30. The van der Waals surface area contributed by atoms with Crippen LogP contribution in [-0.2, 0) is 9.53 Å². The molecule has 0 aromatic heterocycles. The number of benzene rings is 1. The molecule has 0 saturated heterocycles. The third-order valence-electron chi connectivity index (χ3n) is 2.37. The topological polar surface area (TPSA) is 81.5 Å². The Hall–Kier alpha value is -2.63. The predicted molar refractivity (Wildman–Crippen MR) is 75.9 cm³/mol. The van der Waals surface area contributed by atoms with Gasteiger partial charge in [-0.1, -0.05) is 6.08 Å². The molecule has 0 radical (unpaired) electrons. The summed E-state index contributed by atoms with van der Waals surface area (Å²) in [4.78, 5) is 21.3. The van der Waals surface area contributed by atoms with Crippen LogP contribution in [0.2, 0.25) is 0 Å². The number of allylic oxidation sites excluding steroid dienone is 1. The molecule has 0 saturated carbocycles. The summed E-state index contributed by atoms with van der Waals surface area (Å²) in [6, 6.07) is 6.08. The SMILES string of the molecule is CCOC(/C=C\c1ccc([N+](=O)[O-])cc1)=C\C(=O)NC. The van der Waals surface area contributed by atoms with Crippen molar-refractivity contribution in [1.29, 1.82) is 0 Å². The zero-order chi connectivity index (χ0) is 15.0. The Morgan fingerprint density at radius 1 is 1.40 bits per heavy atom. The van der Waals surface area contributed by atoms with Crippen molar-refractivity contribution in [3.8, 4) is 0 Å². The summed E-state index contributed by atoms with van der Waals surface area (Å²) in [7, 11) is 1.53. The molecule has 6 heteroatoms. The van der Waals surface area contributed by atoms with Gasteiger partial charge in [0.2, 0.25) is 5.91 Å². The quantitative estimate of drug-likeness (QED) is 0.284. The van der Waals surface area contributed by atoms with Gasteiger partial charge in [0.05, 0.1) is 11.5 Å². The van der Waals surface area contributed by atoms with Gasteiger partial charge in [-0.15, -0.1) is 0 Å². The minimum atomic E-state index is -0.454.